The van der Waals surface area contributed by atoms with Crippen LogP contribution < -0.4 is 4.90 Å². The molecular weight excluding hydrogens is 330 g/mol. The third kappa shape index (κ3) is 3.26. The lowest BCUT2D eigenvalue weighted by molar-refractivity contribution is -0.00554. The highest BCUT2D eigenvalue weighted by Crippen LogP contribution is 2.28. The fourth-order valence-corrected chi connectivity index (χ4v) is 3.81. The molecule has 0 N–H and O–H groups in total. The topological polar surface area (TPSA) is 71.5 Å². The van der Waals surface area contributed by atoms with E-state index in [-0.39, 0.29) is 18.1 Å². The van der Waals surface area contributed by atoms with Gasteiger partial charge in [0.25, 0.3) is 5.91 Å². The second-order valence-electron chi connectivity index (χ2n) is 7.00. The van der Waals surface area contributed by atoms with Crippen LogP contribution in [0.5, 0.6) is 0 Å². The summed E-state index contributed by atoms with van der Waals surface area (Å²) in [5.41, 5.74) is 2.70. The van der Waals surface area contributed by atoms with Gasteiger partial charge < -0.3 is 14.5 Å². The number of fused-ring (bicyclic) bond motifs is 1. The zero-order chi connectivity index (χ0) is 18.1. The quantitative estimate of drug-likeness (QED) is 0.818. The number of amides is 1. The number of anilines is 1. The molecule has 0 aliphatic carbocycles. The fraction of sp³-hybridized carbons (Fsp3) is 0.474. The number of hydrogen-bond donors (Lipinski definition) is 0. The van der Waals surface area contributed by atoms with Gasteiger partial charge >= 0.3 is 0 Å². The molecule has 1 saturated heterocycles. The van der Waals surface area contributed by atoms with Crippen molar-refractivity contribution in [3.63, 3.8) is 0 Å². The number of aromatic nitrogens is 3. The molecule has 2 aromatic rings. The summed E-state index contributed by atoms with van der Waals surface area (Å²) < 4.78 is 5.84. The first-order valence-electron chi connectivity index (χ1n) is 9.04. The van der Waals surface area contributed by atoms with Crippen LogP contribution in [0.1, 0.15) is 35.5 Å². The second-order valence-corrected chi connectivity index (χ2v) is 7.00. The van der Waals surface area contributed by atoms with Gasteiger partial charge in [-0.1, -0.05) is 0 Å². The van der Waals surface area contributed by atoms with E-state index in [0.29, 0.717) is 18.7 Å². The van der Waals surface area contributed by atoms with Crippen molar-refractivity contribution in [3.05, 3.63) is 47.7 Å². The van der Waals surface area contributed by atoms with Crippen LogP contribution in [0, 0.1) is 0 Å². The van der Waals surface area contributed by atoms with Gasteiger partial charge in [0.1, 0.15) is 12.1 Å². The summed E-state index contributed by atoms with van der Waals surface area (Å²) in [6.45, 7) is 7.00. The summed E-state index contributed by atoms with van der Waals surface area (Å²) >= 11 is 0. The minimum Gasteiger partial charge on any atom is -0.372 e. The minimum atomic E-state index is -0.00229. The first-order valence-corrected chi connectivity index (χ1v) is 9.04. The number of hydrogen-bond acceptors (Lipinski definition) is 6. The summed E-state index contributed by atoms with van der Waals surface area (Å²) in [5, 5.41) is 0. The first kappa shape index (κ1) is 16.9. The number of nitrogens with zero attached hydrogens (tertiary/aromatic N) is 5. The lowest BCUT2D eigenvalue weighted by atomic mass is 10.0. The van der Waals surface area contributed by atoms with E-state index in [2.05, 4.69) is 33.7 Å². The maximum atomic E-state index is 12.7. The molecule has 2 aliphatic rings. The zero-order valence-electron chi connectivity index (χ0n) is 15.1. The Morgan fingerprint density at radius 2 is 2.04 bits per heavy atom. The molecule has 26 heavy (non-hydrogen) atoms. The summed E-state index contributed by atoms with van der Waals surface area (Å²) in [4.78, 5) is 29.9. The molecule has 2 atom stereocenters. The Morgan fingerprint density at radius 3 is 2.77 bits per heavy atom. The van der Waals surface area contributed by atoms with Crippen LogP contribution in [0.4, 0.5) is 5.82 Å². The van der Waals surface area contributed by atoms with Gasteiger partial charge in [-0.15, -0.1) is 0 Å². The van der Waals surface area contributed by atoms with E-state index in [1.165, 1.54) is 0 Å². The molecule has 4 heterocycles. The van der Waals surface area contributed by atoms with E-state index in [1.54, 1.807) is 30.9 Å². The number of carbonyl (C=O) groups excluding carboxylic acids is 1. The zero-order valence-corrected chi connectivity index (χ0v) is 15.1. The predicted octanol–water partition coefficient (Wildman–Crippen LogP) is 1.68. The fourth-order valence-electron chi connectivity index (χ4n) is 3.81. The van der Waals surface area contributed by atoms with Crippen LogP contribution in [0.15, 0.2) is 30.9 Å². The number of pyridine rings is 1. The summed E-state index contributed by atoms with van der Waals surface area (Å²) in [7, 11) is 0. The van der Waals surface area contributed by atoms with Crippen molar-refractivity contribution in [2.24, 2.45) is 0 Å². The molecule has 0 spiro atoms. The molecule has 4 rings (SSSR count). The SMILES string of the molecule is CC1CN(c2ncnc3c2CCN(C(=O)c2cccnc2)C3)CC(C)O1. The van der Waals surface area contributed by atoms with Crippen molar-refractivity contribution >= 4 is 11.7 Å². The molecule has 0 bridgehead atoms. The highest BCUT2D eigenvalue weighted by molar-refractivity contribution is 5.94. The highest BCUT2D eigenvalue weighted by Gasteiger charge is 2.29. The van der Waals surface area contributed by atoms with Gasteiger partial charge in [-0.2, -0.15) is 0 Å². The van der Waals surface area contributed by atoms with E-state index in [4.69, 9.17) is 4.74 Å². The second kappa shape index (κ2) is 6.99. The average Bonchev–Trinajstić information content (AvgIpc) is 2.66. The Morgan fingerprint density at radius 1 is 1.23 bits per heavy atom. The summed E-state index contributed by atoms with van der Waals surface area (Å²) in [5.74, 6) is 0.989. The lowest BCUT2D eigenvalue weighted by Crippen LogP contribution is -2.47. The molecule has 7 nitrogen and oxygen atoms in total. The molecule has 7 heteroatoms. The van der Waals surface area contributed by atoms with E-state index < -0.39 is 0 Å². The van der Waals surface area contributed by atoms with Crippen LogP contribution in [0.3, 0.4) is 0 Å². The van der Waals surface area contributed by atoms with Crippen molar-refractivity contribution in [2.75, 3.05) is 24.5 Å². The summed E-state index contributed by atoms with van der Waals surface area (Å²) in [6.07, 6.45) is 6.01. The van der Waals surface area contributed by atoms with Crippen LogP contribution >= 0.6 is 0 Å². The van der Waals surface area contributed by atoms with Gasteiger partial charge in [-0.3, -0.25) is 9.78 Å². The van der Waals surface area contributed by atoms with Crippen molar-refractivity contribution in [3.8, 4) is 0 Å². The Kier molecular flexibility index (Phi) is 4.55. The molecule has 0 aromatic carbocycles. The molecule has 1 fully saturated rings. The molecular formula is C19H23N5O2. The molecule has 2 aromatic heterocycles. The Balaban J connectivity index is 1.57. The average molecular weight is 353 g/mol. The van der Waals surface area contributed by atoms with Crippen LogP contribution in [-0.4, -0.2) is 57.6 Å². The molecule has 2 unspecified atom stereocenters. The van der Waals surface area contributed by atoms with E-state index in [1.807, 2.05) is 4.90 Å². The summed E-state index contributed by atoms with van der Waals surface area (Å²) in [6, 6.07) is 3.58. The lowest BCUT2D eigenvalue weighted by Gasteiger charge is -2.38. The normalized spacial score (nSPS) is 22.8. The van der Waals surface area contributed by atoms with Gasteiger partial charge in [-0.05, 0) is 32.4 Å². The monoisotopic (exact) mass is 353 g/mol. The maximum absolute atomic E-state index is 12.7. The minimum absolute atomic E-state index is 0.00229. The molecule has 0 radical (unpaired) electrons. The molecule has 1 amide bonds. The van der Waals surface area contributed by atoms with Crippen molar-refractivity contribution in [2.45, 2.75) is 39.0 Å². The first-order chi connectivity index (χ1) is 12.6. The smallest absolute Gasteiger partial charge is 0.255 e. The number of morpholine rings is 1. The van der Waals surface area contributed by atoms with E-state index in [9.17, 15) is 4.79 Å². The Hall–Kier alpha value is -2.54. The van der Waals surface area contributed by atoms with Gasteiger partial charge in [-0.25, -0.2) is 9.97 Å². The standard InChI is InChI=1S/C19H23N5O2/c1-13-9-24(10-14(2)26-13)18-16-5-7-23(11-17(16)21-12-22-18)19(25)15-4-3-6-20-8-15/h3-4,6,8,12-14H,5,7,9-11H2,1-2H3. The molecule has 136 valence electrons. The molecule has 0 saturated carbocycles. The van der Waals surface area contributed by atoms with Crippen LogP contribution in [-0.2, 0) is 17.7 Å². The van der Waals surface area contributed by atoms with Crippen molar-refractivity contribution in [1.29, 1.82) is 0 Å². The van der Waals surface area contributed by atoms with Crippen molar-refractivity contribution < 1.29 is 9.53 Å². The Labute approximate surface area is 153 Å². The number of carbonyl (C=O) groups is 1. The van der Waals surface area contributed by atoms with Gasteiger partial charge in [0.2, 0.25) is 0 Å². The van der Waals surface area contributed by atoms with Gasteiger partial charge in [0.05, 0.1) is 30.0 Å². The number of ether oxygens (including phenoxy) is 1. The van der Waals surface area contributed by atoms with Gasteiger partial charge in [0.15, 0.2) is 0 Å². The highest BCUT2D eigenvalue weighted by atomic mass is 16.5. The number of rotatable bonds is 2. The van der Waals surface area contributed by atoms with Crippen molar-refractivity contribution in [1.82, 2.24) is 19.9 Å². The van der Waals surface area contributed by atoms with Crippen LogP contribution in [0.2, 0.25) is 0 Å². The van der Waals surface area contributed by atoms with Gasteiger partial charge in [0, 0.05) is 37.6 Å². The Bertz CT molecular complexity index is 788. The third-order valence-electron chi connectivity index (χ3n) is 4.90. The molecule has 2 aliphatic heterocycles. The van der Waals surface area contributed by atoms with E-state index >= 15 is 0 Å². The predicted molar refractivity (Wildman–Crippen MR) is 96.9 cm³/mol. The largest absolute Gasteiger partial charge is 0.372 e. The third-order valence-corrected chi connectivity index (χ3v) is 4.90. The van der Waals surface area contributed by atoms with E-state index in [0.717, 1.165) is 36.6 Å². The maximum Gasteiger partial charge on any atom is 0.255 e. The van der Waals surface area contributed by atoms with Crippen LogP contribution in [0.25, 0.3) is 0 Å².